The first kappa shape index (κ1) is 22.8. The van der Waals surface area contributed by atoms with Crippen molar-refractivity contribution in [1.82, 2.24) is 9.21 Å². The molecule has 0 radical (unpaired) electrons. The lowest BCUT2D eigenvalue weighted by atomic mass is 9.95. The first-order chi connectivity index (χ1) is 15.4. The lowest BCUT2D eigenvalue weighted by Crippen LogP contribution is -2.47. The quantitative estimate of drug-likeness (QED) is 0.604. The number of methoxy groups -OCH3 is 1. The van der Waals surface area contributed by atoms with Crippen LogP contribution in [0.25, 0.3) is 0 Å². The van der Waals surface area contributed by atoms with Crippen LogP contribution in [0.4, 0.5) is 0 Å². The maximum atomic E-state index is 13.5. The highest BCUT2D eigenvalue weighted by Crippen LogP contribution is 2.37. The van der Waals surface area contributed by atoms with Crippen molar-refractivity contribution in [3.8, 4) is 5.75 Å². The molecule has 1 amide bonds. The smallest absolute Gasteiger partial charge is 0.243 e. The highest BCUT2D eigenvalue weighted by molar-refractivity contribution is 7.89. The van der Waals surface area contributed by atoms with Crippen LogP contribution < -0.4 is 4.74 Å². The Kier molecular flexibility index (Phi) is 6.86. The van der Waals surface area contributed by atoms with Crippen LogP contribution in [0.5, 0.6) is 5.75 Å². The van der Waals surface area contributed by atoms with Crippen molar-refractivity contribution in [2.45, 2.75) is 50.1 Å². The van der Waals surface area contributed by atoms with Gasteiger partial charge in [0, 0.05) is 31.6 Å². The molecular weight excluding hydrogens is 424 g/mol. The Morgan fingerprint density at radius 3 is 2.22 bits per heavy atom. The van der Waals surface area contributed by atoms with Crippen LogP contribution in [0.1, 0.15) is 38.2 Å². The van der Waals surface area contributed by atoms with Gasteiger partial charge in [-0.3, -0.25) is 4.79 Å². The van der Waals surface area contributed by atoms with Gasteiger partial charge >= 0.3 is 0 Å². The van der Waals surface area contributed by atoms with Crippen molar-refractivity contribution in [2.75, 3.05) is 20.2 Å². The number of rotatable bonds is 8. The Morgan fingerprint density at radius 1 is 1.03 bits per heavy atom. The van der Waals surface area contributed by atoms with E-state index in [1.165, 1.54) is 17.1 Å². The topological polar surface area (TPSA) is 66.9 Å². The number of ether oxygens (including phenoxy) is 1. The summed E-state index contributed by atoms with van der Waals surface area (Å²) in [6.45, 7) is 3.49. The van der Waals surface area contributed by atoms with Gasteiger partial charge in [-0.2, -0.15) is 4.31 Å². The fourth-order valence-electron chi connectivity index (χ4n) is 4.51. The minimum atomic E-state index is -3.57. The molecule has 6 nitrogen and oxygen atoms in total. The Balaban J connectivity index is 1.42. The summed E-state index contributed by atoms with van der Waals surface area (Å²) in [6, 6.07) is 16.8. The second kappa shape index (κ2) is 9.63. The highest BCUT2D eigenvalue weighted by atomic mass is 32.2. The fourth-order valence-corrected chi connectivity index (χ4v) is 5.98. The molecule has 0 spiro atoms. The molecule has 1 atom stereocenters. The summed E-state index contributed by atoms with van der Waals surface area (Å²) < 4.78 is 32.7. The summed E-state index contributed by atoms with van der Waals surface area (Å²) >= 11 is 0. The zero-order chi connectivity index (χ0) is 22.7. The molecule has 0 aromatic heterocycles. The van der Waals surface area contributed by atoms with E-state index in [4.69, 9.17) is 4.74 Å². The van der Waals surface area contributed by atoms with E-state index in [-0.39, 0.29) is 22.8 Å². The summed E-state index contributed by atoms with van der Waals surface area (Å²) in [4.78, 5) is 15.8. The van der Waals surface area contributed by atoms with Gasteiger partial charge < -0.3 is 9.64 Å². The van der Waals surface area contributed by atoms with E-state index >= 15 is 0 Å². The molecule has 2 aliphatic rings. The monoisotopic (exact) mass is 456 g/mol. The molecule has 32 heavy (non-hydrogen) atoms. The molecule has 1 heterocycles. The van der Waals surface area contributed by atoms with Crippen LogP contribution in [0, 0.1) is 11.8 Å². The third-order valence-corrected chi connectivity index (χ3v) is 8.69. The minimum Gasteiger partial charge on any atom is -0.497 e. The van der Waals surface area contributed by atoms with E-state index in [0.717, 1.165) is 5.56 Å². The van der Waals surface area contributed by atoms with E-state index in [0.29, 0.717) is 44.1 Å². The van der Waals surface area contributed by atoms with Crippen molar-refractivity contribution >= 4 is 15.9 Å². The van der Waals surface area contributed by atoms with Gasteiger partial charge in [-0.1, -0.05) is 30.3 Å². The van der Waals surface area contributed by atoms with Crippen molar-refractivity contribution < 1.29 is 17.9 Å². The van der Waals surface area contributed by atoms with Gasteiger partial charge in [-0.05, 0) is 68.4 Å². The predicted molar refractivity (Wildman–Crippen MR) is 124 cm³/mol. The normalized spacial score (nSPS) is 18.8. The van der Waals surface area contributed by atoms with Gasteiger partial charge in [0.2, 0.25) is 15.9 Å². The third kappa shape index (κ3) is 4.99. The molecule has 1 aliphatic heterocycles. The van der Waals surface area contributed by atoms with Crippen LogP contribution in [-0.4, -0.2) is 49.8 Å². The predicted octanol–water partition coefficient (Wildman–Crippen LogP) is 3.92. The van der Waals surface area contributed by atoms with Crippen molar-refractivity contribution in [3.63, 3.8) is 0 Å². The van der Waals surface area contributed by atoms with Crippen LogP contribution in [0.15, 0.2) is 59.5 Å². The van der Waals surface area contributed by atoms with Gasteiger partial charge in [-0.25, -0.2) is 8.42 Å². The number of hydrogen-bond donors (Lipinski definition) is 0. The summed E-state index contributed by atoms with van der Waals surface area (Å²) in [7, 11) is -2.02. The lowest BCUT2D eigenvalue weighted by Gasteiger charge is -2.36. The number of carbonyl (C=O) groups is 1. The van der Waals surface area contributed by atoms with E-state index < -0.39 is 10.0 Å². The van der Waals surface area contributed by atoms with Crippen LogP contribution >= 0.6 is 0 Å². The second-order valence-corrected chi connectivity index (χ2v) is 10.8. The van der Waals surface area contributed by atoms with Gasteiger partial charge in [0.25, 0.3) is 0 Å². The summed E-state index contributed by atoms with van der Waals surface area (Å²) in [5.41, 5.74) is 1.13. The number of nitrogens with zero attached hydrogens (tertiary/aromatic N) is 2. The zero-order valence-electron chi connectivity index (χ0n) is 18.8. The third-order valence-electron chi connectivity index (χ3n) is 6.78. The average molecular weight is 457 g/mol. The fraction of sp³-hybridized carbons (Fsp3) is 0.480. The molecule has 1 saturated carbocycles. The summed E-state index contributed by atoms with van der Waals surface area (Å²) in [6.07, 6.45) is 3.46. The molecule has 1 unspecified atom stereocenters. The largest absolute Gasteiger partial charge is 0.497 e. The van der Waals surface area contributed by atoms with E-state index in [1.54, 1.807) is 31.4 Å². The van der Waals surface area contributed by atoms with Crippen LogP contribution in [0.3, 0.4) is 0 Å². The van der Waals surface area contributed by atoms with Crippen molar-refractivity contribution in [3.05, 3.63) is 60.2 Å². The number of benzene rings is 2. The SMILES string of the molecule is COc1ccc(S(=O)(=O)N2CCC(C(=O)N(Cc3ccccc3)C(C)C3CC3)CC2)cc1. The van der Waals surface area contributed by atoms with Gasteiger partial charge in [0.15, 0.2) is 0 Å². The maximum absolute atomic E-state index is 13.5. The molecule has 0 bridgehead atoms. The average Bonchev–Trinajstić information content (AvgIpc) is 3.68. The maximum Gasteiger partial charge on any atom is 0.243 e. The Labute approximate surface area is 191 Å². The molecule has 1 aliphatic carbocycles. The second-order valence-electron chi connectivity index (χ2n) is 8.88. The van der Waals surface area contributed by atoms with Gasteiger partial charge in [-0.15, -0.1) is 0 Å². The Bertz CT molecular complexity index is 1010. The highest BCUT2D eigenvalue weighted by Gasteiger charge is 2.38. The summed E-state index contributed by atoms with van der Waals surface area (Å²) in [5.74, 6) is 1.23. The molecule has 4 rings (SSSR count). The Morgan fingerprint density at radius 2 is 1.66 bits per heavy atom. The van der Waals surface area contributed by atoms with E-state index in [9.17, 15) is 13.2 Å². The lowest BCUT2D eigenvalue weighted by molar-refractivity contribution is -0.140. The number of carbonyl (C=O) groups excluding carboxylic acids is 1. The molecule has 1 saturated heterocycles. The molecule has 2 fully saturated rings. The van der Waals surface area contributed by atoms with Gasteiger partial charge in [0.1, 0.15) is 5.75 Å². The number of amides is 1. The molecule has 0 N–H and O–H groups in total. The van der Waals surface area contributed by atoms with E-state index in [1.807, 2.05) is 23.1 Å². The molecule has 172 valence electrons. The Hall–Kier alpha value is -2.38. The van der Waals surface area contributed by atoms with Crippen LogP contribution in [0.2, 0.25) is 0 Å². The number of sulfonamides is 1. The first-order valence-electron chi connectivity index (χ1n) is 11.4. The van der Waals surface area contributed by atoms with Gasteiger partial charge in [0.05, 0.1) is 12.0 Å². The molecular formula is C25H32N2O4S. The first-order valence-corrected chi connectivity index (χ1v) is 12.8. The standard InChI is InChI=1S/C25H32N2O4S/c1-19(21-8-9-21)27(18-20-6-4-3-5-7-20)25(28)22-14-16-26(17-15-22)32(29,30)24-12-10-23(31-2)11-13-24/h3-7,10-13,19,21-22H,8-9,14-18H2,1-2H3. The molecule has 7 heteroatoms. The zero-order valence-corrected chi connectivity index (χ0v) is 19.6. The number of piperidine rings is 1. The molecule has 2 aromatic rings. The van der Waals surface area contributed by atoms with Crippen LogP contribution in [-0.2, 0) is 21.4 Å². The summed E-state index contributed by atoms with van der Waals surface area (Å²) in [5, 5.41) is 0. The molecule has 2 aromatic carbocycles. The van der Waals surface area contributed by atoms with E-state index in [2.05, 4.69) is 19.1 Å². The van der Waals surface area contributed by atoms with Crippen molar-refractivity contribution in [1.29, 1.82) is 0 Å². The number of hydrogen-bond acceptors (Lipinski definition) is 4. The van der Waals surface area contributed by atoms with Crippen molar-refractivity contribution in [2.24, 2.45) is 11.8 Å². The minimum absolute atomic E-state index is 0.137.